The van der Waals surface area contributed by atoms with Gasteiger partial charge in [-0.15, -0.1) is 0 Å². The number of halogens is 2. The van der Waals surface area contributed by atoms with Gasteiger partial charge in [-0.1, -0.05) is 53.5 Å². The van der Waals surface area contributed by atoms with Gasteiger partial charge in [-0.2, -0.15) is 0 Å². The highest BCUT2D eigenvalue weighted by Gasteiger charge is 2.04. The van der Waals surface area contributed by atoms with Gasteiger partial charge in [0.1, 0.15) is 5.75 Å². The summed E-state index contributed by atoms with van der Waals surface area (Å²) in [5, 5.41) is 16.2. The van der Waals surface area contributed by atoms with Gasteiger partial charge in [0.25, 0.3) is 0 Å². The second kappa shape index (κ2) is 5.84. The van der Waals surface area contributed by atoms with Crippen molar-refractivity contribution in [3.05, 3.63) is 70.2 Å². The van der Waals surface area contributed by atoms with Crippen LogP contribution >= 0.6 is 23.2 Å². The summed E-state index contributed by atoms with van der Waals surface area (Å²) in [6.45, 7) is 0.631. The third-order valence-corrected chi connectivity index (χ3v) is 4.11. The number of phenols is 1. The molecule has 0 spiro atoms. The van der Waals surface area contributed by atoms with Crippen molar-refractivity contribution in [1.29, 1.82) is 0 Å². The molecule has 0 amide bonds. The lowest BCUT2D eigenvalue weighted by atomic mass is 10.1. The van der Waals surface area contributed by atoms with Gasteiger partial charge in [-0.05, 0) is 29.8 Å². The lowest BCUT2D eigenvalue weighted by Gasteiger charge is -2.11. The number of phenolic OH excluding ortho intramolecular Hbond substituents is 1. The molecule has 3 aromatic carbocycles. The Balaban J connectivity index is 1.88. The van der Waals surface area contributed by atoms with Crippen molar-refractivity contribution in [3.63, 3.8) is 0 Å². The van der Waals surface area contributed by atoms with Gasteiger partial charge < -0.3 is 10.4 Å². The highest BCUT2D eigenvalue weighted by molar-refractivity contribution is 6.42. The molecule has 0 heterocycles. The van der Waals surface area contributed by atoms with Crippen molar-refractivity contribution in [1.82, 2.24) is 0 Å². The summed E-state index contributed by atoms with van der Waals surface area (Å²) in [6, 6.07) is 16.9. The molecule has 3 rings (SSSR count). The largest absolute Gasteiger partial charge is 0.507 e. The molecule has 0 unspecified atom stereocenters. The van der Waals surface area contributed by atoms with Crippen LogP contribution in [-0.2, 0) is 6.54 Å². The minimum Gasteiger partial charge on any atom is -0.507 e. The second-order valence-electron chi connectivity index (χ2n) is 4.78. The molecule has 106 valence electrons. The number of nitrogens with one attached hydrogen (secondary N) is 1. The van der Waals surface area contributed by atoms with Crippen molar-refractivity contribution in [2.24, 2.45) is 0 Å². The smallest absolute Gasteiger partial charge is 0.123 e. The van der Waals surface area contributed by atoms with Gasteiger partial charge in [-0.3, -0.25) is 0 Å². The number of anilines is 1. The Hall–Kier alpha value is -1.90. The van der Waals surface area contributed by atoms with E-state index in [1.807, 2.05) is 42.5 Å². The predicted octanol–water partition coefficient (Wildman–Crippen LogP) is 5.46. The van der Waals surface area contributed by atoms with Crippen LogP contribution in [0.3, 0.4) is 0 Å². The van der Waals surface area contributed by atoms with E-state index in [9.17, 15) is 5.11 Å². The van der Waals surface area contributed by atoms with E-state index in [-0.39, 0.29) is 5.75 Å². The Bertz CT molecular complexity index is 802. The van der Waals surface area contributed by atoms with Gasteiger partial charge >= 0.3 is 0 Å². The fourth-order valence-electron chi connectivity index (χ4n) is 2.29. The molecule has 0 aliphatic carbocycles. The van der Waals surface area contributed by atoms with Crippen LogP contribution in [0, 0.1) is 0 Å². The molecule has 0 fully saturated rings. The van der Waals surface area contributed by atoms with Crippen molar-refractivity contribution >= 4 is 39.7 Å². The maximum absolute atomic E-state index is 9.89. The van der Waals surface area contributed by atoms with Crippen molar-refractivity contribution in [2.75, 3.05) is 5.32 Å². The SMILES string of the molecule is Oc1cccc2c(NCc3ccc(Cl)c(Cl)c3)cccc12. The van der Waals surface area contributed by atoms with E-state index < -0.39 is 0 Å². The zero-order valence-corrected chi connectivity index (χ0v) is 12.6. The first kappa shape index (κ1) is 14.1. The zero-order chi connectivity index (χ0) is 14.8. The third kappa shape index (κ3) is 2.92. The summed E-state index contributed by atoms with van der Waals surface area (Å²) in [5.74, 6) is 0.283. The van der Waals surface area contributed by atoms with E-state index >= 15 is 0 Å². The summed E-state index contributed by atoms with van der Waals surface area (Å²) < 4.78 is 0. The highest BCUT2D eigenvalue weighted by atomic mass is 35.5. The lowest BCUT2D eigenvalue weighted by molar-refractivity contribution is 0.481. The molecule has 0 aliphatic rings. The number of rotatable bonds is 3. The van der Waals surface area contributed by atoms with Gasteiger partial charge in [-0.25, -0.2) is 0 Å². The minimum atomic E-state index is 0.283. The van der Waals surface area contributed by atoms with Crippen LogP contribution < -0.4 is 5.32 Å². The van der Waals surface area contributed by atoms with Crippen LogP contribution in [0.15, 0.2) is 54.6 Å². The normalized spacial score (nSPS) is 10.8. The molecule has 0 saturated heterocycles. The van der Waals surface area contributed by atoms with E-state index in [4.69, 9.17) is 23.2 Å². The molecule has 21 heavy (non-hydrogen) atoms. The van der Waals surface area contributed by atoms with Gasteiger partial charge in [0, 0.05) is 23.0 Å². The van der Waals surface area contributed by atoms with Crippen LogP contribution in [0.1, 0.15) is 5.56 Å². The Labute approximate surface area is 132 Å². The maximum atomic E-state index is 9.89. The number of hydrogen-bond acceptors (Lipinski definition) is 2. The Morgan fingerprint density at radius 1 is 0.857 bits per heavy atom. The molecule has 0 aliphatic heterocycles. The first-order valence-corrected chi connectivity index (χ1v) is 7.29. The van der Waals surface area contributed by atoms with Crippen LogP contribution in [0.25, 0.3) is 10.8 Å². The first-order chi connectivity index (χ1) is 10.1. The van der Waals surface area contributed by atoms with E-state index in [0.717, 1.165) is 22.0 Å². The topological polar surface area (TPSA) is 32.3 Å². The predicted molar refractivity (Wildman–Crippen MR) is 89.4 cm³/mol. The van der Waals surface area contributed by atoms with E-state index in [2.05, 4.69) is 5.32 Å². The van der Waals surface area contributed by atoms with E-state index in [1.165, 1.54) is 0 Å². The number of benzene rings is 3. The third-order valence-electron chi connectivity index (χ3n) is 3.37. The fraction of sp³-hybridized carbons (Fsp3) is 0.0588. The van der Waals surface area contributed by atoms with Crippen molar-refractivity contribution in [3.8, 4) is 5.75 Å². The number of aromatic hydroxyl groups is 1. The molecule has 3 aromatic rings. The number of fused-ring (bicyclic) bond motifs is 1. The van der Waals surface area contributed by atoms with Gasteiger partial charge in [0.15, 0.2) is 0 Å². The van der Waals surface area contributed by atoms with Crippen molar-refractivity contribution in [2.45, 2.75) is 6.54 Å². The molecule has 2 nitrogen and oxygen atoms in total. The molecular weight excluding hydrogens is 305 g/mol. The fourth-order valence-corrected chi connectivity index (χ4v) is 2.62. The monoisotopic (exact) mass is 317 g/mol. The van der Waals surface area contributed by atoms with Crippen LogP contribution in [0.2, 0.25) is 10.0 Å². The van der Waals surface area contributed by atoms with E-state index in [0.29, 0.717) is 16.6 Å². The van der Waals surface area contributed by atoms with Crippen LogP contribution in [-0.4, -0.2) is 5.11 Å². The average molecular weight is 318 g/mol. The maximum Gasteiger partial charge on any atom is 0.123 e. The van der Waals surface area contributed by atoms with Crippen molar-refractivity contribution < 1.29 is 5.11 Å². The van der Waals surface area contributed by atoms with Crippen LogP contribution in [0.4, 0.5) is 5.69 Å². The molecule has 0 atom stereocenters. The summed E-state index contributed by atoms with van der Waals surface area (Å²) in [5.41, 5.74) is 2.01. The minimum absolute atomic E-state index is 0.283. The highest BCUT2D eigenvalue weighted by Crippen LogP contribution is 2.30. The zero-order valence-electron chi connectivity index (χ0n) is 11.1. The molecular formula is C17H13Cl2NO. The molecule has 0 aromatic heterocycles. The molecule has 0 radical (unpaired) electrons. The Morgan fingerprint density at radius 2 is 1.62 bits per heavy atom. The Morgan fingerprint density at radius 3 is 2.43 bits per heavy atom. The molecule has 2 N–H and O–H groups in total. The summed E-state index contributed by atoms with van der Waals surface area (Å²) in [7, 11) is 0. The standard InChI is InChI=1S/C17H13Cl2NO/c18-14-8-7-11(9-15(14)19)10-20-16-5-1-4-13-12(16)3-2-6-17(13)21/h1-9,20-21H,10H2. The second-order valence-corrected chi connectivity index (χ2v) is 5.59. The van der Waals surface area contributed by atoms with Gasteiger partial charge in [0.2, 0.25) is 0 Å². The summed E-state index contributed by atoms with van der Waals surface area (Å²) in [4.78, 5) is 0. The van der Waals surface area contributed by atoms with Crippen LogP contribution in [0.5, 0.6) is 5.75 Å². The quantitative estimate of drug-likeness (QED) is 0.671. The molecule has 4 heteroatoms. The lowest BCUT2D eigenvalue weighted by Crippen LogP contribution is -1.99. The molecule has 0 saturated carbocycles. The summed E-state index contributed by atoms with van der Waals surface area (Å²) in [6.07, 6.45) is 0. The Kier molecular flexibility index (Phi) is 3.91. The average Bonchev–Trinajstić information content (AvgIpc) is 2.49. The van der Waals surface area contributed by atoms with E-state index in [1.54, 1.807) is 12.1 Å². The van der Waals surface area contributed by atoms with Gasteiger partial charge in [0.05, 0.1) is 10.0 Å². The number of hydrogen-bond donors (Lipinski definition) is 2. The molecule has 0 bridgehead atoms. The first-order valence-electron chi connectivity index (χ1n) is 6.53. The summed E-state index contributed by atoms with van der Waals surface area (Å²) >= 11 is 11.9.